The highest BCUT2D eigenvalue weighted by Gasteiger charge is 2.33. The second-order valence-corrected chi connectivity index (χ2v) is 3.56. The first-order chi connectivity index (χ1) is 6.85. The first-order valence-corrected chi connectivity index (χ1v) is 4.67. The van der Waals surface area contributed by atoms with Gasteiger partial charge in [0.25, 0.3) is 0 Å². The van der Waals surface area contributed by atoms with Crippen LogP contribution in [-0.4, -0.2) is 6.36 Å². The lowest BCUT2D eigenvalue weighted by Gasteiger charge is -2.14. The summed E-state index contributed by atoms with van der Waals surface area (Å²) in [5.41, 5.74) is 11.1. The zero-order chi connectivity index (χ0) is 11.6. The van der Waals surface area contributed by atoms with Gasteiger partial charge < -0.3 is 16.2 Å². The third-order valence-corrected chi connectivity index (χ3v) is 2.30. The zero-order valence-corrected chi connectivity index (χ0v) is 9.02. The van der Waals surface area contributed by atoms with Crippen LogP contribution in [0.15, 0.2) is 16.6 Å². The van der Waals surface area contributed by atoms with Crippen molar-refractivity contribution < 1.29 is 17.9 Å². The highest BCUT2D eigenvalue weighted by molar-refractivity contribution is 9.10. The van der Waals surface area contributed by atoms with Crippen molar-refractivity contribution in [2.24, 2.45) is 5.73 Å². The molecule has 4 N–H and O–H groups in total. The van der Waals surface area contributed by atoms with Crippen molar-refractivity contribution in [3.05, 3.63) is 22.2 Å². The summed E-state index contributed by atoms with van der Waals surface area (Å²) < 4.78 is 39.9. The molecular formula is C8H8BrF3N2O. The fourth-order valence-corrected chi connectivity index (χ4v) is 1.44. The molecule has 0 radical (unpaired) electrons. The summed E-state index contributed by atoms with van der Waals surface area (Å²) in [4.78, 5) is 0. The predicted molar refractivity (Wildman–Crippen MR) is 53.1 cm³/mol. The molecule has 0 atom stereocenters. The van der Waals surface area contributed by atoms with E-state index in [1.54, 1.807) is 0 Å². The maximum absolute atomic E-state index is 12.0. The molecular weight excluding hydrogens is 277 g/mol. The molecule has 0 aliphatic rings. The summed E-state index contributed by atoms with van der Waals surface area (Å²) in [6, 6.07) is 2.93. The molecule has 0 unspecified atom stereocenters. The van der Waals surface area contributed by atoms with E-state index in [1.807, 2.05) is 0 Å². The lowest BCUT2D eigenvalue weighted by Crippen LogP contribution is -2.19. The molecule has 84 valence electrons. The number of nitrogens with two attached hydrogens (primary N) is 2. The van der Waals surface area contributed by atoms with Gasteiger partial charge in [-0.3, -0.25) is 0 Å². The predicted octanol–water partition coefficient (Wildman–Crippen LogP) is 2.39. The standard InChI is InChI=1S/C8H8BrF3N2O/c9-5-2-1-4(3-13)6(14)7(5)15-8(10,11)12/h1-2H,3,13-14H2. The number of ether oxygens (including phenoxy) is 1. The van der Waals surface area contributed by atoms with Crippen molar-refractivity contribution in [2.75, 3.05) is 5.73 Å². The number of hydrogen-bond donors (Lipinski definition) is 2. The largest absolute Gasteiger partial charge is 0.573 e. The minimum absolute atomic E-state index is 0.0489. The Hall–Kier alpha value is -0.950. The van der Waals surface area contributed by atoms with Crippen LogP contribution in [0.3, 0.4) is 0 Å². The van der Waals surface area contributed by atoms with Gasteiger partial charge in [-0.05, 0) is 27.6 Å². The van der Waals surface area contributed by atoms with Gasteiger partial charge in [-0.1, -0.05) is 6.07 Å². The third-order valence-electron chi connectivity index (χ3n) is 1.68. The maximum atomic E-state index is 12.0. The highest BCUT2D eigenvalue weighted by atomic mass is 79.9. The Morgan fingerprint density at radius 1 is 1.33 bits per heavy atom. The van der Waals surface area contributed by atoms with Crippen LogP contribution in [0.2, 0.25) is 0 Å². The second kappa shape index (κ2) is 4.28. The molecule has 1 aromatic rings. The van der Waals surface area contributed by atoms with Crippen LogP contribution in [0.5, 0.6) is 5.75 Å². The van der Waals surface area contributed by atoms with Crippen molar-refractivity contribution in [1.29, 1.82) is 0 Å². The van der Waals surface area contributed by atoms with Crippen molar-refractivity contribution in [3.63, 3.8) is 0 Å². The van der Waals surface area contributed by atoms with Gasteiger partial charge in [0.15, 0.2) is 5.75 Å². The number of alkyl halides is 3. The number of hydrogen-bond acceptors (Lipinski definition) is 3. The molecule has 0 saturated heterocycles. The van der Waals surface area contributed by atoms with E-state index in [2.05, 4.69) is 20.7 Å². The molecule has 0 aromatic heterocycles. The lowest BCUT2D eigenvalue weighted by molar-refractivity contribution is -0.274. The Bertz CT molecular complexity index is 368. The van der Waals surface area contributed by atoms with E-state index in [1.165, 1.54) is 12.1 Å². The van der Waals surface area contributed by atoms with Crippen LogP contribution in [0, 0.1) is 0 Å². The second-order valence-electron chi connectivity index (χ2n) is 2.70. The average Bonchev–Trinajstić information content (AvgIpc) is 2.11. The van der Waals surface area contributed by atoms with Gasteiger partial charge in [0.05, 0.1) is 10.2 Å². The molecule has 0 aliphatic carbocycles. The topological polar surface area (TPSA) is 61.3 Å². The number of benzene rings is 1. The minimum atomic E-state index is -4.77. The van der Waals surface area contributed by atoms with Gasteiger partial charge in [0.2, 0.25) is 0 Å². The Labute approximate surface area is 92.3 Å². The summed E-state index contributed by atoms with van der Waals surface area (Å²) >= 11 is 2.92. The summed E-state index contributed by atoms with van der Waals surface area (Å²) in [6.07, 6.45) is -4.77. The van der Waals surface area contributed by atoms with Crippen molar-refractivity contribution >= 4 is 21.6 Å². The molecule has 0 heterocycles. The van der Waals surface area contributed by atoms with Gasteiger partial charge in [-0.15, -0.1) is 13.2 Å². The van der Waals surface area contributed by atoms with E-state index >= 15 is 0 Å². The number of nitrogen functional groups attached to an aromatic ring is 1. The van der Waals surface area contributed by atoms with Crippen LogP contribution >= 0.6 is 15.9 Å². The Morgan fingerprint density at radius 2 is 1.93 bits per heavy atom. The summed E-state index contributed by atoms with van der Waals surface area (Å²) in [5.74, 6) is -0.453. The van der Waals surface area contributed by atoms with Crippen LogP contribution in [0.25, 0.3) is 0 Å². The molecule has 0 fully saturated rings. The molecule has 15 heavy (non-hydrogen) atoms. The summed E-state index contributed by atoms with van der Waals surface area (Å²) in [7, 11) is 0. The first kappa shape index (κ1) is 12.1. The molecule has 0 bridgehead atoms. The van der Waals surface area contributed by atoms with Gasteiger partial charge in [0, 0.05) is 6.54 Å². The fourth-order valence-electron chi connectivity index (χ4n) is 1.01. The average molecular weight is 285 g/mol. The van der Waals surface area contributed by atoms with E-state index in [0.29, 0.717) is 5.56 Å². The number of halogens is 4. The molecule has 7 heteroatoms. The summed E-state index contributed by atoms with van der Waals surface area (Å²) in [5, 5.41) is 0. The normalized spacial score (nSPS) is 11.5. The van der Waals surface area contributed by atoms with Gasteiger partial charge in [-0.25, -0.2) is 0 Å². The van der Waals surface area contributed by atoms with Gasteiger partial charge >= 0.3 is 6.36 Å². The number of anilines is 1. The minimum Gasteiger partial charge on any atom is -0.402 e. The lowest BCUT2D eigenvalue weighted by atomic mass is 10.1. The quantitative estimate of drug-likeness (QED) is 0.820. The molecule has 1 rings (SSSR count). The monoisotopic (exact) mass is 284 g/mol. The van der Waals surface area contributed by atoms with Crippen LogP contribution in [0.4, 0.5) is 18.9 Å². The third kappa shape index (κ3) is 3.00. The molecule has 0 aliphatic heterocycles. The fraction of sp³-hybridized carbons (Fsp3) is 0.250. The molecule has 0 spiro atoms. The van der Waals surface area contributed by atoms with Gasteiger partial charge in [-0.2, -0.15) is 0 Å². The molecule has 3 nitrogen and oxygen atoms in total. The molecule has 0 amide bonds. The van der Waals surface area contributed by atoms with Gasteiger partial charge in [0.1, 0.15) is 0 Å². The van der Waals surface area contributed by atoms with Crippen LogP contribution in [-0.2, 0) is 6.54 Å². The van der Waals surface area contributed by atoms with Crippen LogP contribution in [0.1, 0.15) is 5.56 Å². The molecule has 1 aromatic carbocycles. The Morgan fingerprint density at radius 3 is 2.40 bits per heavy atom. The van der Waals surface area contributed by atoms with E-state index in [-0.39, 0.29) is 16.7 Å². The van der Waals surface area contributed by atoms with E-state index in [9.17, 15) is 13.2 Å². The smallest absolute Gasteiger partial charge is 0.402 e. The maximum Gasteiger partial charge on any atom is 0.573 e. The number of rotatable bonds is 2. The SMILES string of the molecule is NCc1ccc(Br)c(OC(F)(F)F)c1N. The van der Waals surface area contributed by atoms with Crippen molar-refractivity contribution in [3.8, 4) is 5.75 Å². The zero-order valence-electron chi connectivity index (χ0n) is 7.44. The Kier molecular flexibility index (Phi) is 3.46. The first-order valence-electron chi connectivity index (χ1n) is 3.88. The Balaban J connectivity index is 3.15. The van der Waals surface area contributed by atoms with E-state index in [0.717, 1.165) is 0 Å². The summed E-state index contributed by atoms with van der Waals surface area (Å²) in [6.45, 7) is 0.0489. The van der Waals surface area contributed by atoms with Crippen LogP contribution < -0.4 is 16.2 Å². The van der Waals surface area contributed by atoms with Crippen molar-refractivity contribution in [2.45, 2.75) is 12.9 Å². The van der Waals surface area contributed by atoms with E-state index in [4.69, 9.17) is 11.5 Å². The van der Waals surface area contributed by atoms with Crippen molar-refractivity contribution in [1.82, 2.24) is 0 Å². The van der Waals surface area contributed by atoms with E-state index < -0.39 is 12.1 Å². The molecule has 0 saturated carbocycles. The highest BCUT2D eigenvalue weighted by Crippen LogP contribution is 2.37.